The molecule has 0 unspecified atom stereocenters. The second-order valence-electron chi connectivity index (χ2n) is 4.81. The number of ether oxygens (including phenoxy) is 1. The van der Waals surface area contributed by atoms with Crippen molar-refractivity contribution < 1.29 is 35.1 Å². The Hall–Kier alpha value is -2.21. The van der Waals surface area contributed by atoms with E-state index in [4.69, 9.17) is 0 Å². The Morgan fingerprint density at radius 2 is 2.00 bits per heavy atom. The molecule has 0 radical (unpaired) electrons. The summed E-state index contributed by atoms with van der Waals surface area (Å²) in [6.45, 7) is -3.40. The molecule has 2 rings (SSSR count). The van der Waals surface area contributed by atoms with Gasteiger partial charge >= 0.3 is 12.9 Å². The van der Waals surface area contributed by atoms with E-state index in [1.807, 2.05) is 0 Å². The summed E-state index contributed by atoms with van der Waals surface area (Å²) in [7, 11) is -3.15. The van der Waals surface area contributed by atoms with Crippen molar-refractivity contribution in [1.82, 2.24) is 13.9 Å². The van der Waals surface area contributed by atoms with Crippen LogP contribution in [0.3, 0.4) is 0 Å². The van der Waals surface area contributed by atoms with Crippen LogP contribution in [0.2, 0.25) is 0 Å². The number of sulfonamides is 1. The van der Waals surface area contributed by atoms with Gasteiger partial charge < -0.3 is 4.74 Å². The average molecular weight is 385 g/mol. The smallest absolute Gasteiger partial charge is 0.406 e. The number of hydrogen-bond acceptors (Lipinski definition) is 4. The van der Waals surface area contributed by atoms with Gasteiger partial charge in [-0.05, 0) is 12.1 Å². The Kier molecular flexibility index (Phi) is 5.32. The number of imidazole rings is 1. The molecule has 0 saturated heterocycles. The summed E-state index contributed by atoms with van der Waals surface area (Å²) in [4.78, 5) is 3.17. The van der Waals surface area contributed by atoms with Gasteiger partial charge in [0.15, 0.2) is 0 Å². The van der Waals surface area contributed by atoms with Crippen molar-refractivity contribution in [2.45, 2.75) is 24.4 Å². The Morgan fingerprint density at radius 3 is 2.60 bits per heavy atom. The summed E-state index contributed by atoms with van der Waals surface area (Å²) in [6, 6.07) is 3.77. The van der Waals surface area contributed by atoms with Crippen LogP contribution in [-0.2, 0) is 16.6 Å². The zero-order valence-electron chi connectivity index (χ0n) is 12.6. The number of aromatic nitrogens is 2. The van der Waals surface area contributed by atoms with Gasteiger partial charge in [-0.3, -0.25) is 4.57 Å². The first-order valence-electron chi connectivity index (χ1n) is 6.63. The molecule has 0 spiro atoms. The van der Waals surface area contributed by atoms with Crippen molar-refractivity contribution in [3.8, 4) is 5.75 Å². The Labute approximate surface area is 139 Å². The van der Waals surface area contributed by atoms with Crippen molar-refractivity contribution in [2.75, 3.05) is 7.05 Å². The van der Waals surface area contributed by atoms with Crippen molar-refractivity contribution >= 4 is 10.0 Å². The lowest BCUT2D eigenvalue weighted by Crippen LogP contribution is -2.28. The summed E-state index contributed by atoms with van der Waals surface area (Å²) >= 11 is 0. The van der Waals surface area contributed by atoms with Crippen LogP contribution in [0.5, 0.6) is 5.75 Å². The summed E-state index contributed by atoms with van der Waals surface area (Å²) in [5, 5.41) is 0. The maximum Gasteiger partial charge on any atom is 0.573 e. The van der Waals surface area contributed by atoms with Gasteiger partial charge in [-0.25, -0.2) is 13.4 Å². The van der Waals surface area contributed by atoms with Crippen molar-refractivity contribution in [3.63, 3.8) is 0 Å². The minimum atomic E-state index is -4.98. The molecular formula is C13H12F5N3O3S. The highest BCUT2D eigenvalue weighted by atomic mass is 32.2. The SMILES string of the molecule is CN(Cc1nccn1C(F)F)S(=O)(=O)c1cccc(OC(F)(F)F)c1. The number of alkyl halides is 5. The number of nitrogens with zero attached hydrogens (tertiary/aromatic N) is 3. The second kappa shape index (κ2) is 6.96. The van der Waals surface area contributed by atoms with Gasteiger partial charge in [-0.1, -0.05) is 6.07 Å². The topological polar surface area (TPSA) is 64.4 Å². The number of halogens is 5. The summed E-state index contributed by atoms with van der Waals surface area (Å²) < 4.78 is 92.0. The third-order valence-corrected chi connectivity index (χ3v) is 4.87. The van der Waals surface area contributed by atoms with E-state index in [1.165, 1.54) is 0 Å². The molecule has 12 heteroatoms. The van der Waals surface area contributed by atoms with Crippen LogP contribution in [0.1, 0.15) is 12.4 Å². The molecule has 0 aliphatic carbocycles. The van der Waals surface area contributed by atoms with Crippen molar-refractivity contribution in [1.29, 1.82) is 0 Å². The first-order valence-corrected chi connectivity index (χ1v) is 8.07. The molecule has 0 bridgehead atoms. The van der Waals surface area contributed by atoms with Gasteiger partial charge in [0.25, 0.3) is 0 Å². The zero-order valence-corrected chi connectivity index (χ0v) is 13.4. The number of rotatable bonds is 6. The van der Waals surface area contributed by atoms with Gasteiger partial charge in [0.05, 0.1) is 11.4 Å². The molecule has 0 aliphatic heterocycles. The van der Waals surface area contributed by atoms with Crippen LogP contribution in [0, 0.1) is 0 Å². The standard InChI is InChI=1S/C13H12F5N3O3S/c1-20(8-11-19-5-6-21(11)12(14)15)25(22,23)10-4-2-3-9(7-10)24-13(16,17)18/h2-7,12H,8H2,1H3. The fourth-order valence-corrected chi connectivity index (χ4v) is 3.10. The van der Waals surface area contributed by atoms with E-state index in [0.717, 1.165) is 37.6 Å². The van der Waals surface area contributed by atoms with E-state index in [0.29, 0.717) is 14.9 Å². The molecule has 2 aromatic rings. The Morgan fingerprint density at radius 1 is 1.32 bits per heavy atom. The van der Waals surface area contributed by atoms with Crippen LogP contribution < -0.4 is 4.74 Å². The molecular weight excluding hydrogens is 373 g/mol. The third kappa shape index (κ3) is 4.66. The molecule has 138 valence electrons. The van der Waals surface area contributed by atoms with E-state index in [-0.39, 0.29) is 5.82 Å². The molecule has 0 fully saturated rings. The molecule has 1 aromatic heterocycles. The molecule has 1 aromatic carbocycles. The van der Waals surface area contributed by atoms with Crippen LogP contribution >= 0.6 is 0 Å². The minimum absolute atomic E-state index is 0.219. The average Bonchev–Trinajstić information content (AvgIpc) is 2.94. The van der Waals surface area contributed by atoms with Gasteiger partial charge in [-0.15, -0.1) is 13.2 Å². The first-order chi connectivity index (χ1) is 11.5. The molecule has 1 heterocycles. The molecule has 0 aliphatic rings. The van der Waals surface area contributed by atoms with E-state index in [2.05, 4.69) is 9.72 Å². The molecule has 0 saturated carbocycles. The third-order valence-electron chi connectivity index (χ3n) is 3.07. The predicted octanol–water partition coefficient (Wildman–Crippen LogP) is 3.00. The van der Waals surface area contributed by atoms with Crippen molar-refractivity contribution in [2.24, 2.45) is 0 Å². The summed E-state index contributed by atoms with van der Waals surface area (Å²) in [5.74, 6) is -0.931. The fraction of sp³-hybridized carbons (Fsp3) is 0.308. The quantitative estimate of drug-likeness (QED) is 0.718. The lowest BCUT2D eigenvalue weighted by atomic mass is 10.3. The van der Waals surface area contributed by atoms with Crippen LogP contribution in [-0.4, -0.2) is 35.7 Å². The fourth-order valence-electron chi connectivity index (χ4n) is 1.94. The molecule has 25 heavy (non-hydrogen) atoms. The minimum Gasteiger partial charge on any atom is -0.406 e. The number of benzene rings is 1. The zero-order chi connectivity index (χ0) is 18.8. The van der Waals surface area contributed by atoms with E-state index in [1.54, 1.807) is 0 Å². The highest BCUT2D eigenvalue weighted by Crippen LogP contribution is 2.26. The number of hydrogen-bond donors (Lipinski definition) is 0. The second-order valence-corrected chi connectivity index (χ2v) is 6.86. The predicted molar refractivity (Wildman–Crippen MR) is 75.3 cm³/mol. The Bertz CT molecular complexity index is 835. The normalized spacial score (nSPS) is 12.8. The lowest BCUT2D eigenvalue weighted by Gasteiger charge is -2.18. The first kappa shape index (κ1) is 19.1. The van der Waals surface area contributed by atoms with Crippen LogP contribution in [0.4, 0.5) is 22.0 Å². The van der Waals surface area contributed by atoms with Crippen LogP contribution in [0.25, 0.3) is 0 Å². The molecule has 0 N–H and O–H groups in total. The van der Waals surface area contributed by atoms with Gasteiger partial charge in [-0.2, -0.15) is 13.1 Å². The van der Waals surface area contributed by atoms with Gasteiger partial charge in [0, 0.05) is 25.5 Å². The molecule has 0 atom stereocenters. The molecule has 6 nitrogen and oxygen atoms in total. The molecule has 0 amide bonds. The van der Waals surface area contributed by atoms with Crippen LogP contribution in [0.15, 0.2) is 41.6 Å². The highest BCUT2D eigenvalue weighted by molar-refractivity contribution is 7.89. The van der Waals surface area contributed by atoms with Gasteiger partial charge in [0.2, 0.25) is 10.0 Å². The summed E-state index contributed by atoms with van der Waals surface area (Å²) in [6.07, 6.45) is -2.91. The monoisotopic (exact) mass is 385 g/mol. The maximum atomic E-state index is 12.8. The van der Waals surface area contributed by atoms with E-state index in [9.17, 15) is 30.4 Å². The lowest BCUT2D eigenvalue weighted by molar-refractivity contribution is -0.274. The Balaban J connectivity index is 2.25. The maximum absolute atomic E-state index is 12.8. The highest BCUT2D eigenvalue weighted by Gasteiger charge is 2.32. The van der Waals surface area contributed by atoms with E-state index < -0.39 is 40.1 Å². The van der Waals surface area contributed by atoms with Crippen molar-refractivity contribution in [3.05, 3.63) is 42.5 Å². The van der Waals surface area contributed by atoms with Gasteiger partial charge in [0.1, 0.15) is 11.6 Å². The summed E-state index contributed by atoms with van der Waals surface area (Å²) in [5.41, 5.74) is 0. The largest absolute Gasteiger partial charge is 0.573 e. The van der Waals surface area contributed by atoms with E-state index >= 15 is 0 Å².